The van der Waals surface area contributed by atoms with Crippen LogP contribution < -0.4 is 15.5 Å². The fraction of sp³-hybridized carbons (Fsp3) is 0.360. The van der Waals surface area contributed by atoms with Crippen LogP contribution in [-0.2, 0) is 9.53 Å². The number of amides is 1. The lowest BCUT2D eigenvalue weighted by Gasteiger charge is -2.28. The molecule has 1 saturated heterocycles. The number of carbonyl (C=O) groups excluding carboxylic acids is 1. The third-order valence-electron chi connectivity index (χ3n) is 6.94. The second-order valence-electron chi connectivity index (χ2n) is 11.1. The third-order valence-corrected chi connectivity index (χ3v) is 6.94. The minimum Gasteiger partial charge on any atom is -0.436 e. The van der Waals surface area contributed by atoms with Crippen LogP contribution in [0.5, 0.6) is 0 Å². The van der Waals surface area contributed by atoms with Crippen molar-refractivity contribution < 1.29 is 13.9 Å². The van der Waals surface area contributed by atoms with E-state index in [1.807, 2.05) is 12.1 Å². The maximum Gasteiger partial charge on any atom is 0.229 e. The summed E-state index contributed by atoms with van der Waals surface area (Å²) in [6.45, 7) is 5.24. The number of oxazole rings is 1. The molecule has 4 heterocycles. The van der Waals surface area contributed by atoms with E-state index in [4.69, 9.17) is 19.1 Å². The predicted octanol–water partition coefficient (Wildman–Crippen LogP) is 0.792. The van der Waals surface area contributed by atoms with E-state index < -0.39 is 0 Å². The van der Waals surface area contributed by atoms with Crippen LogP contribution in [0.3, 0.4) is 0 Å². The molecule has 0 unspecified atom stereocenters. The van der Waals surface area contributed by atoms with Crippen LogP contribution in [0.15, 0.2) is 41.1 Å². The Labute approximate surface area is 218 Å². The number of morpholine rings is 1. The molecule has 0 spiro atoms. The summed E-state index contributed by atoms with van der Waals surface area (Å²) < 4.78 is 11.7. The van der Waals surface area contributed by atoms with E-state index >= 15 is 0 Å². The fourth-order valence-electron chi connectivity index (χ4n) is 4.78. The van der Waals surface area contributed by atoms with Crippen molar-refractivity contribution in [1.82, 2.24) is 15.0 Å². The van der Waals surface area contributed by atoms with E-state index in [-0.39, 0.29) is 17.1 Å². The normalized spacial score (nSPS) is 19.8. The van der Waals surface area contributed by atoms with Crippen molar-refractivity contribution >= 4 is 68.6 Å². The molecule has 2 N–H and O–H groups in total. The van der Waals surface area contributed by atoms with Crippen LogP contribution in [0.25, 0.3) is 33.3 Å². The molecule has 6 rings (SSSR count). The second-order valence-corrected chi connectivity index (χ2v) is 11.1. The van der Waals surface area contributed by atoms with Gasteiger partial charge in [0, 0.05) is 47.9 Å². The number of carbonyl (C=O) groups is 1. The van der Waals surface area contributed by atoms with Gasteiger partial charge in [-0.15, -0.1) is 0 Å². The highest BCUT2D eigenvalue weighted by Gasteiger charge is 2.39. The molecular weight excluding hydrogens is 465 g/mol. The number of anilines is 3. The molecule has 2 fully saturated rings. The van der Waals surface area contributed by atoms with E-state index in [9.17, 15) is 4.79 Å². The number of fused-ring (bicyclic) bond motifs is 2. The zero-order valence-corrected chi connectivity index (χ0v) is 21.7. The van der Waals surface area contributed by atoms with Crippen LogP contribution in [0.2, 0.25) is 0 Å². The van der Waals surface area contributed by atoms with Gasteiger partial charge in [0.05, 0.1) is 18.8 Å². The number of ether oxygens (including phenoxy) is 1. The lowest BCUT2D eigenvalue weighted by Crippen LogP contribution is -2.40. The van der Waals surface area contributed by atoms with Gasteiger partial charge in [-0.25, -0.2) is 15.0 Å². The highest BCUT2D eigenvalue weighted by molar-refractivity contribution is 6.60. The summed E-state index contributed by atoms with van der Waals surface area (Å²) in [6.07, 6.45) is 4.45. The summed E-state index contributed by atoms with van der Waals surface area (Å²) in [5, 5.41) is 7.95. The number of aromatic nitrogens is 3. The first-order valence-corrected chi connectivity index (χ1v) is 12.9. The third kappa shape index (κ3) is 4.90. The molecule has 1 aromatic carbocycles. The number of pyridine rings is 2. The Morgan fingerprint density at radius 2 is 1.89 bits per heavy atom. The zero-order valence-electron chi connectivity index (χ0n) is 21.7. The summed E-state index contributed by atoms with van der Waals surface area (Å²) in [6, 6.07) is 7.97. The predicted molar refractivity (Wildman–Crippen MR) is 153 cm³/mol. The first-order valence-electron chi connectivity index (χ1n) is 12.9. The van der Waals surface area contributed by atoms with Gasteiger partial charge in [0.1, 0.15) is 40.7 Å². The Bertz CT molecular complexity index is 1500. The van der Waals surface area contributed by atoms with Gasteiger partial charge in [-0.3, -0.25) is 4.79 Å². The number of rotatable bonds is 6. The van der Waals surface area contributed by atoms with Gasteiger partial charge in [-0.05, 0) is 41.8 Å². The van der Waals surface area contributed by atoms with Crippen LogP contribution in [0, 0.1) is 11.8 Å². The molecule has 2 atom stereocenters. The zero-order chi connectivity index (χ0) is 25.7. The van der Waals surface area contributed by atoms with E-state index in [2.05, 4.69) is 63.1 Å². The number of nitrogens with one attached hydrogen (secondary N) is 2. The SMILES string of the molecule is BC(B)(B)Nc1ncc(-c2nc3cc(N4CCOCC4)ccc3o2)c2cc(NC(=O)[C@H]3C[C@H]3C)ncc12. The Morgan fingerprint density at radius 1 is 1.11 bits per heavy atom. The lowest BCUT2D eigenvalue weighted by molar-refractivity contribution is -0.117. The summed E-state index contributed by atoms with van der Waals surface area (Å²) in [7, 11) is 6.25. The van der Waals surface area contributed by atoms with Crippen molar-refractivity contribution in [2.24, 2.45) is 11.8 Å². The Balaban J connectivity index is 1.41. The first-order chi connectivity index (χ1) is 17.7. The molecule has 0 radical (unpaired) electrons. The molecular formula is C25H29B3N6O3. The lowest BCUT2D eigenvalue weighted by atomic mass is 9.49. The molecule has 1 aliphatic heterocycles. The summed E-state index contributed by atoms with van der Waals surface area (Å²) in [5.74, 6) is 2.21. The van der Waals surface area contributed by atoms with E-state index in [0.29, 0.717) is 23.2 Å². The van der Waals surface area contributed by atoms with Gasteiger partial charge in [0.2, 0.25) is 11.8 Å². The second kappa shape index (κ2) is 9.10. The van der Waals surface area contributed by atoms with Crippen molar-refractivity contribution in [3.8, 4) is 11.5 Å². The van der Waals surface area contributed by atoms with E-state index in [1.54, 1.807) is 12.4 Å². The molecule has 1 aliphatic carbocycles. The Morgan fingerprint density at radius 3 is 2.62 bits per heavy atom. The summed E-state index contributed by atoms with van der Waals surface area (Å²) in [4.78, 5) is 29.0. The molecule has 0 bridgehead atoms. The maximum absolute atomic E-state index is 12.6. The van der Waals surface area contributed by atoms with Crippen molar-refractivity contribution in [1.29, 1.82) is 0 Å². The van der Waals surface area contributed by atoms with Crippen LogP contribution >= 0.6 is 0 Å². The number of hydrogen-bond donors (Lipinski definition) is 2. The van der Waals surface area contributed by atoms with Crippen LogP contribution in [0.4, 0.5) is 17.3 Å². The van der Waals surface area contributed by atoms with Gasteiger partial charge in [0.15, 0.2) is 5.58 Å². The van der Waals surface area contributed by atoms with Crippen molar-refractivity contribution in [3.05, 3.63) is 36.7 Å². The maximum atomic E-state index is 12.6. The van der Waals surface area contributed by atoms with E-state index in [1.165, 1.54) is 0 Å². The van der Waals surface area contributed by atoms with Crippen molar-refractivity contribution in [2.75, 3.05) is 41.8 Å². The number of hydrogen-bond acceptors (Lipinski definition) is 8. The number of benzene rings is 1. The van der Waals surface area contributed by atoms with Crippen LogP contribution in [-0.4, -0.2) is 75.9 Å². The summed E-state index contributed by atoms with van der Waals surface area (Å²) in [5.41, 5.74) is 3.35. The molecule has 1 amide bonds. The molecule has 2 aliphatic rings. The molecule has 12 heteroatoms. The average Bonchev–Trinajstić information content (AvgIpc) is 3.46. The average molecular weight is 494 g/mol. The van der Waals surface area contributed by atoms with Crippen molar-refractivity contribution in [3.63, 3.8) is 0 Å². The largest absolute Gasteiger partial charge is 0.436 e. The van der Waals surface area contributed by atoms with Gasteiger partial charge in [-0.1, -0.05) is 6.92 Å². The monoisotopic (exact) mass is 494 g/mol. The molecule has 3 aromatic heterocycles. The molecule has 186 valence electrons. The highest BCUT2D eigenvalue weighted by Crippen LogP contribution is 2.39. The van der Waals surface area contributed by atoms with Gasteiger partial charge >= 0.3 is 0 Å². The smallest absolute Gasteiger partial charge is 0.229 e. The summed E-state index contributed by atoms with van der Waals surface area (Å²) >= 11 is 0. The Hall–Kier alpha value is -3.53. The first kappa shape index (κ1) is 23.8. The minimum absolute atomic E-state index is 0.0144. The minimum atomic E-state index is -0.191. The van der Waals surface area contributed by atoms with Gasteiger partial charge in [0.25, 0.3) is 0 Å². The quantitative estimate of drug-likeness (QED) is 0.380. The van der Waals surface area contributed by atoms with Crippen LogP contribution in [0.1, 0.15) is 13.3 Å². The molecule has 9 nitrogen and oxygen atoms in total. The topological polar surface area (TPSA) is 105 Å². The van der Waals surface area contributed by atoms with Gasteiger partial charge in [-0.2, -0.15) is 0 Å². The Kier molecular flexibility index (Phi) is 5.86. The highest BCUT2D eigenvalue weighted by atomic mass is 16.5. The standard InChI is InChI=1S/C25H29B3N6O3/c1-13-8-15(13)23(35)32-21-10-16-17(11-29-21)22(33-25(26,27)28)30-12-18(16)24-31-19-9-14(2-3-20(19)37-24)34-4-6-36-7-5-34/h2-3,9-13,15H,4-8,26-28H2,1H3,(H,30,33)(H,29,32,35)/t13-,15+/m1/s1. The van der Waals surface area contributed by atoms with E-state index in [0.717, 1.165) is 66.1 Å². The molecule has 37 heavy (non-hydrogen) atoms. The van der Waals surface area contributed by atoms with Crippen molar-refractivity contribution in [2.45, 2.75) is 18.6 Å². The number of nitrogens with zero attached hydrogens (tertiary/aromatic N) is 4. The van der Waals surface area contributed by atoms with Gasteiger partial charge < -0.3 is 24.7 Å². The fourth-order valence-corrected chi connectivity index (χ4v) is 4.78. The molecule has 1 saturated carbocycles. The molecule has 4 aromatic rings.